The van der Waals surface area contributed by atoms with E-state index in [1.54, 1.807) is 0 Å². The molecular weight excluding hydrogens is 250 g/mol. The van der Waals surface area contributed by atoms with E-state index in [-0.39, 0.29) is 0 Å². The molecule has 4 nitrogen and oxygen atoms in total. The van der Waals surface area contributed by atoms with Crippen LogP contribution in [0.1, 0.15) is 13.8 Å². The Bertz CT molecular complexity index is 536. The highest BCUT2D eigenvalue weighted by Gasteiger charge is 2.10. The molecule has 0 amide bonds. The minimum atomic E-state index is 0.478. The molecular formula is C13H18ClN3O. The van der Waals surface area contributed by atoms with Gasteiger partial charge in [0.1, 0.15) is 0 Å². The van der Waals surface area contributed by atoms with E-state index in [0.29, 0.717) is 30.0 Å². The topological polar surface area (TPSA) is 53.1 Å². The van der Waals surface area contributed by atoms with Gasteiger partial charge in [-0.3, -0.25) is 0 Å². The lowest BCUT2D eigenvalue weighted by atomic mass is 10.2. The first-order valence-corrected chi connectivity index (χ1v) is 6.45. The van der Waals surface area contributed by atoms with Crippen molar-refractivity contribution in [2.75, 3.05) is 18.9 Å². The monoisotopic (exact) mass is 267 g/mol. The van der Waals surface area contributed by atoms with E-state index in [0.717, 1.165) is 17.6 Å². The van der Waals surface area contributed by atoms with Crippen molar-refractivity contribution in [3.8, 4) is 0 Å². The molecule has 0 atom stereocenters. The summed E-state index contributed by atoms with van der Waals surface area (Å²) in [6.45, 7) is 6.27. The normalized spacial score (nSPS) is 11.6. The molecule has 1 aromatic heterocycles. The highest BCUT2D eigenvalue weighted by molar-refractivity contribution is 6.35. The van der Waals surface area contributed by atoms with Crippen LogP contribution >= 0.6 is 11.6 Å². The molecule has 0 spiro atoms. The number of rotatable bonds is 5. The van der Waals surface area contributed by atoms with Gasteiger partial charge in [0.2, 0.25) is 5.95 Å². The van der Waals surface area contributed by atoms with Gasteiger partial charge in [-0.1, -0.05) is 31.5 Å². The van der Waals surface area contributed by atoms with Gasteiger partial charge in [0.15, 0.2) is 0 Å². The van der Waals surface area contributed by atoms with E-state index in [1.807, 2.05) is 22.8 Å². The lowest BCUT2D eigenvalue weighted by Crippen LogP contribution is -2.11. The molecule has 0 aliphatic heterocycles. The number of nitrogen functional groups attached to an aromatic ring is 1. The van der Waals surface area contributed by atoms with Gasteiger partial charge in [0.25, 0.3) is 0 Å². The second kappa shape index (κ2) is 5.59. The number of fused-ring (bicyclic) bond motifs is 1. The summed E-state index contributed by atoms with van der Waals surface area (Å²) in [4.78, 5) is 4.29. The summed E-state index contributed by atoms with van der Waals surface area (Å²) in [6, 6.07) is 5.62. The molecule has 2 N–H and O–H groups in total. The number of nitrogens with zero attached hydrogens (tertiary/aromatic N) is 2. The number of anilines is 1. The van der Waals surface area contributed by atoms with Crippen molar-refractivity contribution in [1.29, 1.82) is 0 Å². The van der Waals surface area contributed by atoms with Crippen molar-refractivity contribution in [3.63, 3.8) is 0 Å². The second-order valence-electron chi connectivity index (χ2n) is 4.70. The van der Waals surface area contributed by atoms with E-state index < -0.39 is 0 Å². The molecule has 1 aromatic carbocycles. The molecule has 0 aliphatic carbocycles. The van der Waals surface area contributed by atoms with Gasteiger partial charge in [0, 0.05) is 13.2 Å². The first kappa shape index (κ1) is 13.2. The Kier molecular flexibility index (Phi) is 4.09. The molecule has 1 heterocycles. The number of aromatic nitrogens is 2. The molecule has 18 heavy (non-hydrogen) atoms. The van der Waals surface area contributed by atoms with Gasteiger partial charge in [-0.15, -0.1) is 0 Å². The van der Waals surface area contributed by atoms with Crippen LogP contribution in [0.15, 0.2) is 18.2 Å². The maximum atomic E-state index is 6.18. The van der Waals surface area contributed by atoms with Crippen molar-refractivity contribution in [1.82, 2.24) is 9.55 Å². The molecule has 0 saturated heterocycles. The number of benzene rings is 1. The first-order valence-electron chi connectivity index (χ1n) is 6.07. The first-order chi connectivity index (χ1) is 8.59. The van der Waals surface area contributed by atoms with Gasteiger partial charge >= 0.3 is 0 Å². The van der Waals surface area contributed by atoms with Crippen molar-refractivity contribution in [3.05, 3.63) is 23.2 Å². The van der Waals surface area contributed by atoms with Crippen molar-refractivity contribution >= 4 is 28.6 Å². The van der Waals surface area contributed by atoms with Crippen molar-refractivity contribution in [2.45, 2.75) is 20.4 Å². The molecule has 98 valence electrons. The highest BCUT2D eigenvalue weighted by atomic mass is 35.5. The molecule has 2 aromatic rings. The number of nitrogens with two attached hydrogens (primary N) is 1. The van der Waals surface area contributed by atoms with Crippen LogP contribution in [-0.4, -0.2) is 22.8 Å². The minimum absolute atomic E-state index is 0.478. The summed E-state index contributed by atoms with van der Waals surface area (Å²) in [7, 11) is 0. The van der Waals surface area contributed by atoms with E-state index in [1.165, 1.54) is 0 Å². The Morgan fingerprint density at radius 1 is 1.44 bits per heavy atom. The predicted molar refractivity (Wildman–Crippen MR) is 74.8 cm³/mol. The van der Waals surface area contributed by atoms with E-state index in [9.17, 15) is 0 Å². The summed E-state index contributed by atoms with van der Waals surface area (Å²) in [5, 5.41) is 0.667. The van der Waals surface area contributed by atoms with Gasteiger partial charge in [-0.25, -0.2) is 4.98 Å². The molecule has 0 unspecified atom stereocenters. The number of halogens is 1. The maximum Gasteiger partial charge on any atom is 0.201 e. The van der Waals surface area contributed by atoms with Crippen LogP contribution in [-0.2, 0) is 11.3 Å². The maximum absolute atomic E-state index is 6.18. The fourth-order valence-electron chi connectivity index (χ4n) is 1.86. The zero-order chi connectivity index (χ0) is 13.1. The van der Waals surface area contributed by atoms with E-state index >= 15 is 0 Å². The summed E-state index contributed by atoms with van der Waals surface area (Å²) in [5.74, 6) is 1.01. The summed E-state index contributed by atoms with van der Waals surface area (Å²) in [5.41, 5.74) is 7.60. The molecule has 2 rings (SSSR count). The van der Waals surface area contributed by atoms with Crippen molar-refractivity contribution in [2.24, 2.45) is 5.92 Å². The molecule has 5 heteroatoms. The minimum Gasteiger partial charge on any atom is -0.379 e. The standard InChI is InChI=1S/C13H18ClN3O/c1-9(2)8-18-7-6-17-12-10(14)4-3-5-11(12)16-13(17)15/h3-5,9H,6-8H2,1-2H3,(H2,15,16). The number of para-hydroxylation sites is 1. The number of hydrogen-bond acceptors (Lipinski definition) is 3. The molecule has 0 saturated carbocycles. The third kappa shape index (κ3) is 2.76. The van der Waals surface area contributed by atoms with Gasteiger partial charge in [0.05, 0.1) is 22.7 Å². The average Bonchev–Trinajstić information content (AvgIpc) is 2.62. The summed E-state index contributed by atoms with van der Waals surface area (Å²) < 4.78 is 7.47. The predicted octanol–water partition coefficient (Wildman–Crippen LogP) is 2.94. The van der Waals surface area contributed by atoms with Crippen LogP contribution in [0.5, 0.6) is 0 Å². The zero-order valence-electron chi connectivity index (χ0n) is 10.7. The SMILES string of the molecule is CC(C)COCCn1c(N)nc2cccc(Cl)c21. The molecule has 0 fully saturated rings. The van der Waals surface area contributed by atoms with Crippen LogP contribution in [0, 0.1) is 5.92 Å². The largest absolute Gasteiger partial charge is 0.379 e. The average molecular weight is 268 g/mol. The Labute approximate surface area is 112 Å². The Morgan fingerprint density at radius 2 is 2.22 bits per heavy atom. The second-order valence-corrected chi connectivity index (χ2v) is 5.11. The smallest absolute Gasteiger partial charge is 0.201 e. The van der Waals surface area contributed by atoms with Gasteiger partial charge < -0.3 is 15.0 Å². The zero-order valence-corrected chi connectivity index (χ0v) is 11.4. The molecule has 0 radical (unpaired) electrons. The van der Waals surface area contributed by atoms with Crippen LogP contribution in [0.25, 0.3) is 11.0 Å². The fraction of sp³-hybridized carbons (Fsp3) is 0.462. The Morgan fingerprint density at radius 3 is 2.94 bits per heavy atom. The van der Waals surface area contributed by atoms with Crippen LogP contribution in [0.2, 0.25) is 5.02 Å². The Balaban J connectivity index is 2.15. The Hall–Kier alpha value is -1.26. The van der Waals surface area contributed by atoms with Crippen molar-refractivity contribution < 1.29 is 4.74 Å². The van der Waals surface area contributed by atoms with Gasteiger partial charge in [-0.05, 0) is 18.1 Å². The van der Waals surface area contributed by atoms with Crippen LogP contribution < -0.4 is 5.73 Å². The highest BCUT2D eigenvalue weighted by Crippen LogP contribution is 2.25. The summed E-state index contributed by atoms with van der Waals surface area (Å²) in [6.07, 6.45) is 0. The third-order valence-corrected chi connectivity index (χ3v) is 2.96. The fourth-order valence-corrected chi connectivity index (χ4v) is 2.13. The number of hydrogen-bond donors (Lipinski definition) is 1. The van der Waals surface area contributed by atoms with E-state index in [4.69, 9.17) is 22.1 Å². The van der Waals surface area contributed by atoms with Crippen LogP contribution in [0.3, 0.4) is 0 Å². The van der Waals surface area contributed by atoms with Crippen LogP contribution in [0.4, 0.5) is 5.95 Å². The third-order valence-electron chi connectivity index (χ3n) is 2.66. The number of imidazole rings is 1. The summed E-state index contributed by atoms with van der Waals surface area (Å²) >= 11 is 6.18. The lowest BCUT2D eigenvalue weighted by Gasteiger charge is -2.09. The van der Waals surface area contributed by atoms with Gasteiger partial charge in [-0.2, -0.15) is 0 Å². The van der Waals surface area contributed by atoms with E-state index in [2.05, 4.69) is 18.8 Å². The number of ether oxygens (including phenoxy) is 1. The quantitative estimate of drug-likeness (QED) is 0.848. The molecule has 0 bridgehead atoms. The molecule has 0 aliphatic rings. The lowest BCUT2D eigenvalue weighted by molar-refractivity contribution is 0.104.